The number of aromatic nitrogens is 2. The highest BCUT2D eigenvalue weighted by Gasteiger charge is 2.21. The van der Waals surface area contributed by atoms with E-state index in [0.29, 0.717) is 16.7 Å². The predicted molar refractivity (Wildman–Crippen MR) is 112 cm³/mol. The van der Waals surface area contributed by atoms with Gasteiger partial charge < -0.3 is 15.1 Å². The molecule has 2 heterocycles. The van der Waals surface area contributed by atoms with E-state index in [0.717, 1.165) is 43.2 Å². The zero-order valence-electron chi connectivity index (χ0n) is 15.6. The molecule has 0 amide bonds. The van der Waals surface area contributed by atoms with Crippen LogP contribution in [0.4, 0.5) is 27.5 Å². The van der Waals surface area contributed by atoms with Gasteiger partial charge in [-0.25, -0.2) is 9.37 Å². The summed E-state index contributed by atoms with van der Waals surface area (Å²) in [6.45, 7) is 4.91. The van der Waals surface area contributed by atoms with Gasteiger partial charge in [-0.05, 0) is 48.9 Å². The van der Waals surface area contributed by atoms with Crippen LogP contribution in [0.1, 0.15) is 5.56 Å². The van der Waals surface area contributed by atoms with Crippen LogP contribution in [0.3, 0.4) is 0 Å². The van der Waals surface area contributed by atoms with Crippen LogP contribution >= 0.6 is 11.6 Å². The molecule has 0 unspecified atom stereocenters. The molecule has 1 aromatic heterocycles. The van der Waals surface area contributed by atoms with Crippen molar-refractivity contribution in [2.45, 2.75) is 6.92 Å². The van der Waals surface area contributed by atoms with E-state index in [1.54, 1.807) is 12.3 Å². The molecule has 0 atom stereocenters. The van der Waals surface area contributed by atoms with Gasteiger partial charge in [0, 0.05) is 43.1 Å². The van der Waals surface area contributed by atoms with Gasteiger partial charge >= 0.3 is 0 Å². The Morgan fingerprint density at radius 3 is 2.50 bits per heavy atom. The summed E-state index contributed by atoms with van der Waals surface area (Å²) in [6, 6.07) is 14.4. The number of hydrogen-bond donors (Lipinski definition) is 1. The Morgan fingerprint density at radius 2 is 1.75 bits per heavy atom. The molecule has 144 valence electrons. The normalized spacial score (nSPS) is 14.2. The SMILES string of the molecule is Cc1cc(Cl)ccc1Nc1ccnc(N2CCN(c3ccccc3F)CC2)n1. The minimum absolute atomic E-state index is 0.184. The maximum absolute atomic E-state index is 14.0. The molecule has 1 N–H and O–H groups in total. The highest BCUT2D eigenvalue weighted by atomic mass is 35.5. The molecular weight excluding hydrogens is 377 g/mol. The predicted octanol–water partition coefficient (Wildman–Crippen LogP) is 4.65. The molecule has 3 aromatic rings. The summed E-state index contributed by atoms with van der Waals surface area (Å²) < 4.78 is 14.0. The van der Waals surface area contributed by atoms with Gasteiger partial charge in [0.2, 0.25) is 5.95 Å². The van der Waals surface area contributed by atoms with Crippen molar-refractivity contribution in [3.63, 3.8) is 0 Å². The minimum atomic E-state index is -0.184. The first-order valence-corrected chi connectivity index (χ1v) is 9.58. The highest BCUT2D eigenvalue weighted by Crippen LogP contribution is 2.24. The van der Waals surface area contributed by atoms with E-state index in [4.69, 9.17) is 11.6 Å². The lowest BCUT2D eigenvalue weighted by Crippen LogP contribution is -2.47. The molecule has 1 saturated heterocycles. The number of hydrogen-bond acceptors (Lipinski definition) is 5. The molecule has 28 heavy (non-hydrogen) atoms. The summed E-state index contributed by atoms with van der Waals surface area (Å²) in [5, 5.41) is 4.03. The second kappa shape index (κ2) is 8.02. The molecule has 0 saturated carbocycles. The zero-order chi connectivity index (χ0) is 19.5. The Balaban J connectivity index is 1.44. The second-order valence-corrected chi connectivity index (χ2v) is 7.19. The summed E-state index contributed by atoms with van der Waals surface area (Å²) >= 11 is 6.02. The fourth-order valence-corrected chi connectivity index (χ4v) is 3.56. The largest absolute Gasteiger partial charge is 0.366 e. The lowest BCUT2D eigenvalue weighted by atomic mass is 10.2. The summed E-state index contributed by atoms with van der Waals surface area (Å²) in [5.74, 6) is 1.22. The number of aryl methyl sites for hydroxylation is 1. The number of piperazine rings is 1. The van der Waals surface area contributed by atoms with Crippen molar-refractivity contribution in [1.29, 1.82) is 0 Å². The number of halogens is 2. The van der Waals surface area contributed by atoms with Gasteiger partial charge in [-0.1, -0.05) is 23.7 Å². The van der Waals surface area contributed by atoms with Gasteiger partial charge in [0.15, 0.2) is 0 Å². The van der Waals surface area contributed by atoms with Crippen molar-refractivity contribution in [2.75, 3.05) is 41.3 Å². The van der Waals surface area contributed by atoms with Crippen molar-refractivity contribution in [1.82, 2.24) is 9.97 Å². The molecule has 7 heteroatoms. The average Bonchev–Trinajstić information content (AvgIpc) is 2.71. The van der Waals surface area contributed by atoms with Gasteiger partial charge in [0.05, 0.1) is 5.69 Å². The molecular formula is C21H21ClFN5. The Bertz CT molecular complexity index is 973. The first-order chi connectivity index (χ1) is 13.6. The Kier molecular flexibility index (Phi) is 5.30. The van der Waals surface area contributed by atoms with E-state index in [1.165, 1.54) is 6.07 Å². The third kappa shape index (κ3) is 4.02. The van der Waals surface area contributed by atoms with Crippen molar-refractivity contribution >= 4 is 34.7 Å². The highest BCUT2D eigenvalue weighted by molar-refractivity contribution is 6.30. The van der Waals surface area contributed by atoms with Crippen molar-refractivity contribution in [2.24, 2.45) is 0 Å². The average molecular weight is 398 g/mol. The molecule has 1 aliphatic heterocycles. The molecule has 1 fully saturated rings. The quantitative estimate of drug-likeness (QED) is 0.694. The van der Waals surface area contributed by atoms with Crippen molar-refractivity contribution in [3.8, 4) is 0 Å². The van der Waals surface area contributed by atoms with Crippen LogP contribution in [0.15, 0.2) is 54.7 Å². The van der Waals surface area contributed by atoms with E-state index in [9.17, 15) is 4.39 Å². The second-order valence-electron chi connectivity index (χ2n) is 6.75. The summed E-state index contributed by atoms with van der Waals surface area (Å²) in [4.78, 5) is 13.2. The summed E-state index contributed by atoms with van der Waals surface area (Å²) in [6.07, 6.45) is 1.75. The van der Waals surface area contributed by atoms with Gasteiger partial charge in [-0.15, -0.1) is 0 Å². The zero-order valence-corrected chi connectivity index (χ0v) is 16.3. The van der Waals surface area contributed by atoms with E-state index >= 15 is 0 Å². The third-order valence-electron chi connectivity index (χ3n) is 4.85. The Hall–Kier alpha value is -2.86. The Labute approximate surface area is 168 Å². The van der Waals surface area contributed by atoms with Crippen LogP contribution in [-0.4, -0.2) is 36.1 Å². The molecule has 0 radical (unpaired) electrons. The lowest BCUT2D eigenvalue weighted by molar-refractivity contribution is 0.594. The lowest BCUT2D eigenvalue weighted by Gasteiger charge is -2.36. The molecule has 4 rings (SSSR count). The summed E-state index contributed by atoms with van der Waals surface area (Å²) in [5.41, 5.74) is 2.65. The fourth-order valence-electron chi connectivity index (χ4n) is 3.33. The van der Waals surface area contributed by atoms with Crippen molar-refractivity contribution < 1.29 is 4.39 Å². The number of nitrogens with one attached hydrogen (secondary N) is 1. The van der Waals surface area contributed by atoms with E-state index in [1.807, 2.05) is 43.3 Å². The fraction of sp³-hybridized carbons (Fsp3) is 0.238. The Morgan fingerprint density at radius 1 is 1.00 bits per heavy atom. The van der Waals surface area contributed by atoms with Crippen LogP contribution in [-0.2, 0) is 0 Å². The molecule has 0 aliphatic carbocycles. The standard InChI is InChI=1S/C21H21ClFN5/c1-15-14-16(22)6-7-18(15)25-20-8-9-24-21(26-20)28-12-10-27(11-13-28)19-5-3-2-4-17(19)23/h2-9,14H,10-13H2,1H3,(H,24,25,26). The number of nitrogens with zero attached hydrogens (tertiary/aromatic N) is 4. The third-order valence-corrected chi connectivity index (χ3v) is 5.08. The van der Waals surface area contributed by atoms with E-state index in [2.05, 4.69) is 25.1 Å². The van der Waals surface area contributed by atoms with Crippen molar-refractivity contribution in [3.05, 3.63) is 71.1 Å². The number of benzene rings is 2. The van der Waals surface area contributed by atoms with Crippen LogP contribution < -0.4 is 15.1 Å². The summed E-state index contributed by atoms with van der Waals surface area (Å²) in [7, 11) is 0. The number of anilines is 4. The van der Waals surface area contributed by atoms with Crippen LogP contribution in [0.25, 0.3) is 0 Å². The molecule has 2 aromatic carbocycles. The maximum atomic E-state index is 14.0. The maximum Gasteiger partial charge on any atom is 0.227 e. The first-order valence-electron chi connectivity index (χ1n) is 9.21. The van der Waals surface area contributed by atoms with Gasteiger partial charge in [-0.2, -0.15) is 4.98 Å². The topological polar surface area (TPSA) is 44.3 Å². The molecule has 5 nitrogen and oxygen atoms in total. The van der Waals surface area contributed by atoms with Crippen LogP contribution in [0, 0.1) is 12.7 Å². The molecule has 0 bridgehead atoms. The number of para-hydroxylation sites is 1. The number of rotatable bonds is 4. The smallest absolute Gasteiger partial charge is 0.227 e. The van der Waals surface area contributed by atoms with Crippen LogP contribution in [0.2, 0.25) is 5.02 Å². The van der Waals surface area contributed by atoms with E-state index in [-0.39, 0.29) is 5.82 Å². The van der Waals surface area contributed by atoms with Gasteiger partial charge in [0.25, 0.3) is 0 Å². The van der Waals surface area contributed by atoms with E-state index < -0.39 is 0 Å². The van der Waals surface area contributed by atoms with Crippen LogP contribution in [0.5, 0.6) is 0 Å². The first kappa shape index (κ1) is 18.5. The molecule has 1 aliphatic rings. The van der Waals surface area contributed by atoms with Gasteiger partial charge in [0.1, 0.15) is 11.6 Å². The monoisotopic (exact) mass is 397 g/mol. The van der Waals surface area contributed by atoms with Gasteiger partial charge in [-0.3, -0.25) is 0 Å². The minimum Gasteiger partial charge on any atom is -0.366 e. The molecule has 0 spiro atoms.